The van der Waals surface area contributed by atoms with Crippen LogP contribution in [0.4, 0.5) is 4.39 Å². The average Bonchev–Trinajstić information content (AvgIpc) is 2.39. The van der Waals surface area contributed by atoms with Crippen molar-refractivity contribution < 1.29 is 9.13 Å². The average molecular weight is 253 g/mol. The molecule has 2 nitrogen and oxygen atoms in total. The lowest BCUT2D eigenvalue weighted by atomic mass is 10.00. The Morgan fingerprint density at radius 1 is 1.28 bits per heavy atom. The van der Waals surface area contributed by atoms with Crippen LogP contribution >= 0.6 is 0 Å². The molecule has 1 rings (SSSR count). The van der Waals surface area contributed by atoms with Crippen molar-refractivity contribution >= 4 is 0 Å². The largest absolute Gasteiger partial charge is 0.494 e. The van der Waals surface area contributed by atoms with Crippen molar-refractivity contribution in [1.82, 2.24) is 5.32 Å². The molecule has 102 valence electrons. The van der Waals surface area contributed by atoms with Gasteiger partial charge in [-0.15, -0.1) is 0 Å². The van der Waals surface area contributed by atoms with Gasteiger partial charge >= 0.3 is 0 Å². The molecule has 0 saturated carbocycles. The van der Waals surface area contributed by atoms with E-state index in [4.69, 9.17) is 4.74 Å². The number of unbranched alkanes of at least 4 members (excludes halogenated alkanes) is 2. The van der Waals surface area contributed by atoms with Crippen molar-refractivity contribution in [1.29, 1.82) is 0 Å². The summed E-state index contributed by atoms with van der Waals surface area (Å²) in [7, 11) is 1.50. The predicted octanol–water partition coefficient (Wildman–Crippen LogP) is 4.07. The molecular formula is C15H24FNO. The van der Waals surface area contributed by atoms with Gasteiger partial charge in [0.1, 0.15) is 0 Å². The minimum Gasteiger partial charge on any atom is -0.494 e. The Labute approximate surface area is 110 Å². The third-order valence-corrected chi connectivity index (χ3v) is 3.12. The van der Waals surface area contributed by atoms with E-state index in [1.807, 2.05) is 6.07 Å². The molecule has 0 spiro atoms. The topological polar surface area (TPSA) is 21.3 Å². The SMILES string of the molecule is CCCCCC(NCC)c1ccc(F)c(OC)c1. The van der Waals surface area contributed by atoms with Crippen molar-refractivity contribution in [3.8, 4) is 5.75 Å². The van der Waals surface area contributed by atoms with Gasteiger partial charge < -0.3 is 10.1 Å². The number of hydrogen-bond donors (Lipinski definition) is 1. The second-order valence-electron chi connectivity index (χ2n) is 4.50. The van der Waals surface area contributed by atoms with E-state index in [9.17, 15) is 4.39 Å². The summed E-state index contributed by atoms with van der Waals surface area (Å²) < 4.78 is 18.4. The molecule has 1 N–H and O–H groups in total. The van der Waals surface area contributed by atoms with E-state index < -0.39 is 0 Å². The first-order valence-electron chi connectivity index (χ1n) is 6.79. The molecule has 0 heterocycles. The molecule has 0 aliphatic rings. The van der Waals surface area contributed by atoms with E-state index in [0.717, 1.165) is 18.5 Å². The maximum absolute atomic E-state index is 13.4. The molecule has 1 unspecified atom stereocenters. The third kappa shape index (κ3) is 4.30. The first-order chi connectivity index (χ1) is 8.72. The Balaban J connectivity index is 2.77. The molecule has 0 radical (unpaired) electrons. The first-order valence-corrected chi connectivity index (χ1v) is 6.79. The first kappa shape index (κ1) is 15.0. The van der Waals surface area contributed by atoms with Gasteiger partial charge in [0.15, 0.2) is 11.6 Å². The number of ether oxygens (including phenoxy) is 1. The van der Waals surface area contributed by atoms with Crippen molar-refractivity contribution in [2.75, 3.05) is 13.7 Å². The fourth-order valence-electron chi connectivity index (χ4n) is 2.12. The number of methoxy groups -OCH3 is 1. The van der Waals surface area contributed by atoms with Crippen molar-refractivity contribution in [3.05, 3.63) is 29.6 Å². The van der Waals surface area contributed by atoms with Crippen LogP contribution in [0.25, 0.3) is 0 Å². The number of halogens is 1. The Bertz CT molecular complexity index is 354. The number of benzene rings is 1. The smallest absolute Gasteiger partial charge is 0.165 e. The molecule has 0 bridgehead atoms. The van der Waals surface area contributed by atoms with Gasteiger partial charge in [0.05, 0.1) is 7.11 Å². The number of hydrogen-bond acceptors (Lipinski definition) is 2. The summed E-state index contributed by atoms with van der Waals surface area (Å²) in [5, 5.41) is 3.45. The lowest BCUT2D eigenvalue weighted by Crippen LogP contribution is -2.21. The van der Waals surface area contributed by atoms with E-state index in [0.29, 0.717) is 5.75 Å². The molecule has 3 heteroatoms. The van der Waals surface area contributed by atoms with E-state index in [1.54, 1.807) is 6.07 Å². The molecule has 1 atom stereocenters. The van der Waals surface area contributed by atoms with Gasteiger partial charge in [-0.25, -0.2) is 4.39 Å². The lowest BCUT2D eigenvalue weighted by molar-refractivity contribution is 0.384. The van der Waals surface area contributed by atoms with Gasteiger partial charge in [0, 0.05) is 6.04 Å². The van der Waals surface area contributed by atoms with Crippen molar-refractivity contribution in [2.45, 2.75) is 45.6 Å². The summed E-state index contributed by atoms with van der Waals surface area (Å²) >= 11 is 0. The highest BCUT2D eigenvalue weighted by Crippen LogP contribution is 2.25. The van der Waals surface area contributed by atoms with Gasteiger partial charge in [-0.2, -0.15) is 0 Å². The van der Waals surface area contributed by atoms with Gasteiger partial charge in [-0.1, -0.05) is 39.2 Å². The molecule has 18 heavy (non-hydrogen) atoms. The number of rotatable bonds is 8. The highest BCUT2D eigenvalue weighted by atomic mass is 19.1. The molecule has 0 fully saturated rings. The summed E-state index contributed by atoms with van der Waals surface area (Å²) in [4.78, 5) is 0. The van der Waals surface area contributed by atoms with Crippen LogP contribution in [0.1, 0.15) is 51.1 Å². The van der Waals surface area contributed by atoms with E-state index >= 15 is 0 Å². The fourth-order valence-corrected chi connectivity index (χ4v) is 2.12. The molecular weight excluding hydrogens is 229 g/mol. The van der Waals surface area contributed by atoms with Gasteiger partial charge in [-0.3, -0.25) is 0 Å². The molecule has 0 aliphatic carbocycles. The maximum atomic E-state index is 13.4. The van der Waals surface area contributed by atoms with Crippen molar-refractivity contribution in [2.24, 2.45) is 0 Å². The van der Waals surface area contributed by atoms with Crippen LogP contribution in [0.3, 0.4) is 0 Å². The van der Waals surface area contributed by atoms with Crippen LogP contribution in [-0.2, 0) is 0 Å². The van der Waals surface area contributed by atoms with Crippen molar-refractivity contribution in [3.63, 3.8) is 0 Å². The zero-order valence-corrected chi connectivity index (χ0v) is 11.6. The summed E-state index contributed by atoms with van der Waals surface area (Å²) in [6.07, 6.45) is 4.72. The zero-order chi connectivity index (χ0) is 13.4. The second kappa shape index (κ2) is 8.09. The molecule has 1 aromatic rings. The monoisotopic (exact) mass is 253 g/mol. The lowest BCUT2D eigenvalue weighted by Gasteiger charge is -2.19. The van der Waals surface area contributed by atoms with Gasteiger partial charge in [0.25, 0.3) is 0 Å². The molecule has 0 aliphatic heterocycles. The minimum absolute atomic E-state index is 0.288. The Morgan fingerprint density at radius 3 is 2.67 bits per heavy atom. The molecule has 0 saturated heterocycles. The second-order valence-corrected chi connectivity index (χ2v) is 4.50. The fraction of sp³-hybridized carbons (Fsp3) is 0.600. The van der Waals surface area contributed by atoms with Crippen LogP contribution < -0.4 is 10.1 Å². The van der Waals surface area contributed by atoms with Gasteiger partial charge in [-0.05, 0) is 30.7 Å². The van der Waals surface area contributed by atoms with E-state index in [2.05, 4.69) is 19.2 Å². The molecule has 1 aromatic carbocycles. The third-order valence-electron chi connectivity index (χ3n) is 3.12. The van der Waals surface area contributed by atoms with Gasteiger partial charge in [0.2, 0.25) is 0 Å². The molecule has 0 aromatic heterocycles. The van der Waals surface area contributed by atoms with Crippen LogP contribution in [0, 0.1) is 5.82 Å². The summed E-state index contributed by atoms with van der Waals surface area (Å²) in [5.74, 6) is 0.0240. The molecule has 0 amide bonds. The maximum Gasteiger partial charge on any atom is 0.165 e. The zero-order valence-electron chi connectivity index (χ0n) is 11.6. The predicted molar refractivity (Wildman–Crippen MR) is 73.5 cm³/mol. The summed E-state index contributed by atoms with van der Waals surface area (Å²) in [6.45, 7) is 5.20. The highest BCUT2D eigenvalue weighted by Gasteiger charge is 2.12. The van der Waals surface area contributed by atoms with Crippen LogP contribution in [0.5, 0.6) is 5.75 Å². The van der Waals surface area contributed by atoms with E-state index in [-0.39, 0.29) is 11.9 Å². The summed E-state index contributed by atoms with van der Waals surface area (Å²) in [6, 6.07) is 5.42. The summed E-state index contributed by atoms with van der Waals surface area (Å²) in [5.41, 5.74) is 1.10. The number of nitrogens with one attached hydrogen (secondary N) is 1. The quantitative estimate of drug-likeness (QED) is 0.705. The Kier molecular flexibility index (Phi) is 6.73. The van der Waals surface area contributed by atoms with Crippen LogP contribution in [-0.4, -0.2) is 13.7 Å². The Morgan fingerprint density at radius 2 is 2.06 bits per heavy atom. The Hall–Kier alpha value is -1.09. The standard InChI is InChI=1S/C15H24FNO/c1-4-6-7-8-14(17-5-2)12-9-10-13(16)15(11-12)18-3/h9-11,14,17H,4-8H2,1-3H3. The van der Waals surface area contributed by atoms with Crippen LogP contribution in [0.2, 0.25) is 0 Å². The van der Waals surface area contributed by atoms with E-state index in [1.165, 1.54) is 32.4 Å². The highest BCUT2D eigenvalue weighted by molar-refractivity contribution is 5.32. The minimum atomic E-state index is -0.301. The van der Waals surface area contributed by atoms with Crippen LogP contribution in [0.15, 0.2) is 18.2 Å². The normalized spacial score (nSPS) is 12.4.